The van der Waals surface area contributed by atoms with E-state index >= 15 is 0 Å². The zero-order chi connectivity index (χ0) is 22.3. The second-order valence-corrected chi connectivity index (χ2v) is 8.29. The number of hydrogen-bond donors (Lipinski definition) is 1. The summed E-state index contributed by atoms with van der Waals surface area (Å²) in [6, 6.07) is 23.3. The molecule has 4 nitrogen and oxygen atoms in total. The predicted octanol–water partition coefficient (Wildman–Crippen LogP) is 5.73. The third-order valence-electron chi connectivity index (χ3n) is 5.87. The van der Waals surface area contributed by atoms with E-state index in [4.69, 9.17) is 0 Å². The van der Waals surface area contributed by atoms with Crippen LogP contribution in [0.2, 0.25) is 0 Å². The molecule has 0 unspecified atom stereocenters. The first kappa shape index (κ1) is 21.8. The fraction of sp³-hybridized carbons (Fsp3) is 0.259. The molecule has 5 heteroatoms. The van der Waals surface area contributed by atoms with Crippen LogP contribution in [0.5, 0.6) is 0 Å². The van der Waals surface area contributed by atoms with Crippen molar-refractivity contribution in [1.29, 1.82) is 0 Å². The molecule has 3 aromatic rings. The van der Waals surface area contributed by atoms with E-state index in [-0.39, 0.29) is 30.0 Å². The summed E-state index contributed by atoms with van der Waals surface area (Å²) in [7, 11) is 0. The summed E-state index contributed by atoms with van der Waals surface area (Å²) in [5.41, 5.74) is 3.24. The Morgan fingerprint density at radius 2 is 1.56 bits per heavy atom. The number of hydrogen-bond acceptors (Lipinski definition) is 2. The second kappa shape index (κ2) is 10.2. The highest BCUT2D eigenvalue weighted by Crippen LogP contribution is 2.30. The zero-order valence-corrected chi connectivity index (χ0v) is 18.0. The molecule has 0 aromatic heterocycles. The van der Waals surface area contributed by atoms with E-state index in [2.05, 4.69) is 5.32 Å². The van der Waals surface area contributed by atoms with Crippen LogP contribution in [0.25, 0.3) is 0 Å². The average Bonchev–Trinajstić information content (AvgIpc) is 3.34. The normalized spacial score (nSPS) is 13.7. The molecule has 164 valence electrons. The molecular weight excluding hydrogens is 403 g/mol. The lowest BCUT2D eigenvalue weighted by molar-refractivity contribution is -0.122. The molecule has 2 amide bonds. The standard InChI is InChI=1S/C27H27FN2O2/c28-23-13-15-24(16-14-23)29-26(31)18-21-9-6-12-25(17-21)30(19-20-7-2-1-3-8-20)27(32)22-10-4-5-11-22/h1-3,6-9,12-17,22H,4-5,10-11,18-19H2,(H,29,31). The van der Waals surface area contributed by atoms with Crippen LogP contribution in [0.3, 0.4) is 0 Å². The van der Waals surface area contributed by atoms with Crippen LogP contribution >= 0.6 is 0 Å². The molecule has 0 heterocycles. The van der Waals surface area contributed by atoms with E-state index in [0.29, 0.717) is 12.2 Å². The summed E-state index contributed by atoms with van der Waals surface area (Å²) >= 11 is 0. The van der Waals surface area contributed by atoms with Gasteiger partial charge < -0.3 is 10.2 Å². The average molecular weight is 431 g/mol. The maximum Gasteiger partial charge on any atom is 0.230 e. The first-order valence-electron chi connectivity index (χ1n) is 11.1. The van der Waals surface area contributed by atoms with Gasteiger partial charge in [-0.1, -0.05) is 55.3 Å². The molecule has 1 N–H and O–H groups in total. The minimum Gasteiger partial charge on any atom is -0.326 e. The number of halogens is 1. The molecule has 4 rings (SSSR count). The van der Waals surface area contributed by atoms with Crippen molar-refractivity contribution in [2.75, 3.05) is 10.2 Å². The number of nitrogens with one attached hydrogen (secondary N) is 1. The summed E-state index contributed by atoms with van der Waals surface area (Å²) < 4.78 is 13.1. The lowest BCUT2D eigenvalue weighted by Gasteiger charge is -2.26. The van der Waals surface area contributed by atoms with Gasteiger partial charge in [0.15, 0.2) is 0 Å². The molecular formula is C27H27FN2O2. The molecule has 1 fully saturated rings. The van der Waals surface area contributed by atoms with Crippen molar-refractivity contribution in [2.45, 2.75) is 38.6 Å². The molecule has 0 spiro atoms. The number of rotatable bonds is 7. The van der Waals surface area contributed by atoms with Crippen molar-refractivity contribution >= 4 is 23.2 Å². The summed E-state index contributed by atoms with van der Waals surface area (Å²) in [5.74, 6) is -0.324. The molecule has 0 radical (unpaired) electrons. The SMILES string of the molecule is O=C(Cc1cccc(N(Cc2ccccc2)C(=O)C2CCCC2)c1)Nc1ccc(F)cc1. The van der Waals surface area contributed by atoms with Gasteiger partial charge in [0, 0.05) is 17.3 Å². The predicted molar refractivity (Wildman–Crippen MR) is 125 cm³/mol. The molecule has 0 saturated heterocycles. The number of anilines is 2. The van der Waals surface area contributed by atoms with E-state index in [1.54, 1.807) is 0 Å². The van der Waals surface area contributed by atoms with Crippen LogP contribution in [0.1, 0.15) is 36.8 Å². The van der Waals surface area contributed by atoms with Crippen molar-refractivity contribution in [2.24, 2.45) is 5.92 Å². The summed E-state index contributed by atoms with van der Waals surface area (Å²) in [5, 5.41) is 2.79. The second-order valence-electron chi connectivity index (χ2n) is 8.29. The summed E-state index contributed by atoms with van der Waals surface area (Å²) in [6.45, 7) is 0.501. The number of nitrogens with zero attached hydrogens (tertiary/aromatic N) is 1. The first-order valence-corrected chi connectivity index (χ1v) is 11.1. The highest BCUT2D eigenvalue weighted by Gasteiger charge is 2.28. The van der Waals surface area contributed by atoms with Crippen molar-refractivity contribution in [3.8, 4) is 0 Å². The molecule has 3 aromatic carbocycles. The molecule has 0 bridgehead atoms. The van der Waals surface area contributed by atoms with E-state index in [9.17, 15) is 14.0 Å². The van der Waals surface area contributed by atoms with Crippen molar-refractivity contribution < 1.29 is 14.0 Å². The van der Waals surface area contributed by atoms with Crippen LogP contribution in [-0.2, 0) is 22.6 Å². The molecule has 32 heavy (non-hydrogen) atoms. The fourth-order valence-corrected chi connectivity index (χ4v) is 4.21. The van der Waals surface area contributed by atoms with Gasteiger partial charge in [-0.2, -0.15) is 0 Å². The molecule has 0 aliphatic heterocycles. The largest absolute Gasteiger partial charge is 0.326 e. The maximum atomic E-state index is 13.4. The van der Waals surface area contributed by atoms with Crippen LogP contribution in [0.15, 0.2) is 78.9 Å². The van der Waals surface area contributed by atoms with Crippen molar-refractivity contribution in [3.63, 3.8) is 0 Å². The summed E-state index contributed by atoms with van der Waals surface area (Å²) in [4.78, 5) is 27.7. The fourth-order valence-electron chi connectivity index (χ4n) is 4.21. The zero-order valence-electron chi connectivity index (χ0n) is 18.0. The topological polar surface area (TPSA) is 49.4 Å². The smallest absolute Gasteiger partial charge is 0.230 e. The lowest BCUT2D eigenvalue weighted by atomic mass is 10.0. The number of carbonyl (C=O) groups excluding carboxylic acids is 2. The van der Waals surface area contributed by atoms with Crippen molar-refractivity contribution in [3.05, 3.63) is 95.8 Å². The molecule has 1 saturated carbocycles. The van der Waals surface area contributed by atoms with Crippen molar-refractivity contribution in [1.82, 2.24) is 0 Å². The van der Waals surface area contributed by atoms with Gasteiger partial charge in [-0.25, -0.2) is 4.39 Å². The molecule has 0 atom stereocenters. The van der Waals surface area contributed by atoms with Gasteiger partial charge in [0.1, 0.15) is 5.82 Å². The third kappa shape index (κ3) is 5.61. The van der Waals surface area contributed by atoms with E-state index in [1.807, 2.05) is 59.5 Å². The number of amides is 2. The van der Waals surface area contributed by atoms with Gasteiger partial charge in [0.05, 0.1) is 13.0 Å². The number of benzene rings is 3. The highest BCUT2D eigenvalue weighted by atomic mass is 19.1. The lowest BCUT2D eigenvalue weighted by Crippen LogP contribution is -2.35. The highest BCUT2D eigenvalue weighted by molar-refractivity contribution is 5.96. The Morgan fingerprint density at radius 3 is 2.28 bits per heavy atom. The Morgan fingerprint density at radius 1 is 0.875 bits per heavy atom. The number of carbonyl (C=O) groups is 2. The Bertz CT molecular complexity index is 1060. The Hall–Kier alpha value is -3.47. The summed E-state index contributed by atoms with van der Waals surface area (Å²) in [6.07, 6.45) is 4.23. The van der Waals surface area contributed by atoms with E-state index in [1.165, 1.54) is 24.3 Å². The Kier molecular flexibility index (Phi) is 6.95. The molecule has 1 aliphatic rings. The van der Waals surface area contributed by atoms with Gasteiger partial charge in [-0.05, 0) is 60.4 Å². The quantitative estimate of drug-likeness (QED) is 0.520. The van der Waals surface area contributed by atoms with Crippen LogP contribution in [0.4, 0.5) is 15.8 Å². The minimum atomic E-state index is -0.346. The third-order valence-corrected chi connectivity index (χ3v) is 5.87. The van der Waals surface area contributed by atoms with Gasteiger partial charge in [-0.3, -0.25) is 9.59 Å². The first-order chi connectivity index (χ1) is 15.6. The van der Waals surface area contributed by atoms with Crippen LogP contribution < -0.4 is 10.2 Å². The maximum absolute atomic E-state index is 13.4. The van der Waals surface area contributed by atoms with E-state index < -0.39 is 0 Å². The van der Waals surface area contributed by atoms with Gasteiger partial charge in [0.25, 0.3) is 0 Å². The van der Waals surface area contributed by atoms with E-state index in [0.717, 1.165) is 42.5 Å². The van der Waals surface area contributed by atoms with Gasteiger partial charge >= 0.3 is 0 Å². The Balaban J connectivity index is 1.52. The van der Waals surface area contributed by atoms with Crippen LogP contribution in [-0.4, -0.2) is 11.8 Å². The van der Waals surface area contributed by atoms with Gasteiger partial charge in [0.2, 0.25) is 11.8 Å². The minimum absolute atomic E-state index is 0.0594. The Labute approximate surface area is 188 Å². The van der Waals surface area contributed by atoms with Gasteiger partial charge in [-0.15, -0.1) is 0 Å². The monoisotopic (exact) mass is 430 g/mol. The molecule has 1 aliphatic carbocycles. The van der Waals surface area contributed by atoms with Crippen LogP contribution in [0, 0.1) is 11.7 Å².